The van der Waals surface area contributed by atoms with Gasteiger partial charge in [0.1, 0.15) is 6.10 Å². The number of H-pyrrole nitrogens is 1. The van der Waals surface area contributed by atoms with Crippen LogP contribution in [0.3, 0.4) is 0 Å². The maximum Gasteiger partial charge on any atom is 0.332 e. The maximum absolute atomic E-state index is 12.4. The molecule has 2 aromatic rings. The van der Waals surface area contributed by atoms with Crippen LogP contribution in [-0.4, -0.2) is 68.8 Å². The summed E-state index contributed by atoms with van der Waals surface area (Å²) >= 11 is 0. The van der Waals surface area contributed by atoms with Gasteiger partial charge in [0.15, 0.2) is 11.2 Å². The first-order valence-corrected chi connectivity index (χ1v) is 8.78. The molecule has 1 N–H and O–H groups in total. The second kappa shape index (κ2) is 6.27. The SMILES string of the molecule is Cn1c(=O)c2[nH]c(N3CCN(C(=O)[C@@H]4CCCO4)CC3)nc2n(C)c1=O. The Morgan fingerprint density at radius 2 is 1.88 bits per heavy atom. The molecule has 0 radical (unpaired) electrons. The Labute approximate surface area is 149 Å². The fraction of sp³-hybridized carbons (Fsp3) is 0.625. The topological polar surface area (TPSA) is 105 Å². The number of nitrogens with one attached hydrogen (secondary N) is 1. The van der Waals surface area contributed by atoms with E-state index in [0.29, 0.717) is 49.9 Å². The highest BCUT2D eigenvalue weighted by Crippen LogP contribution is 2.19. The summed E-state index contributed by atoms with van der Waals surface area (Å²) in [5.74, 6) is 0.602. The van der Waals surface area contributed by atoms with Gasteiger partial charge in [0, 0.05) is 46.9 Å². The van der Waals surface area contributed by atoms with E-state index in [2.05, 4.69) is 9.97 Å². The van der Waals surface area contributed by atoms with Crippen LogP contribution in [0.2, 0.25) is 0 Å². The number of carbonyl (C=O) groups excluding carboxylic acids is 1. The number of aromatic nitrogens is 4. The molecular weight excluding hydrogens is 340 g/mol. The minimum Gasteiger partial charge on any atom is -0.368 e. The lowest BCUT2D eigenvalue weighted by molar-refractivity contribution is -0.141. The minimum absolute atomic E-state index is 0.0584. The summed E-state index contributed by atoms with van der Waals surface area (Å²) in [6, 6.07) is 0. The van der Waals surface area contributed by atoms with E-state index in [0.717, 1.165) is 17.4 Å². The summed E-state index contributed by atoms with van der Waals surface area (Å²) in [6.45, 7) is 3.02. The van der Waals surface area contributed by atoms with Crippen molar-refractivity contribution in [1.29, 1.82) is 0 Å². The van der Waals surface area contributed by atoms with E-state index in [1.54, 1.807) is 7.05 Å². The van der Waals surface area contributed by atoms with Gasteiger partial charge in [-0.25, -0.2) is 4.79 Å². The normalized spacial score (nSPS) is 20.9. The van der Waals surface area contributed by atoms with E-state index in [9.17, 15) is 14.4 Å². The first kappa shape index (κ1) is 16.8. The molecule has 0 bridgehead atoms. The van der Waals surface area contributed by atoms with Crippen LogP contribution in [0, 0.1) is 0 Å². The van der Waals surface area contributed by atoms with Crippen molar-refractivity contribution in [3.63, 3.8) is 0 Å². The monoisotopic (exact) mass is 362 g/mol. The third-order valence-corrected chi connectivity index (χ3v) is 5.18. The molecule has 2 aromatic heterocycles. The molecule has 0 unspecified atom stereocenters. The molecule has 0 aliphatic carbocycles. The highest BCUT2D eigenvalue weighted by Gasteiger charge is 2.31. The molecule has 26 heavy (non-hydrogen) atoms. The van der Waals surface area contributed by atoms with Crippen molar-refractivity contribution in [3.05, 3.63) is 20.8 Å². The van der Waals surface area contributed by atoms with Crippen LogP contribution in [0.5, 0.6) is 0 Å². The Morgan fingerprint density at radius 1 is 1.15 bits per heavy atom. The number of hydrogen-bond donors (Lipinski definition) is 1. The summed E-state index contributed by atoms with van der Waals surface area (Å²) in [5.41, 5.74) is -0.157. The second-order valence-corrected chi connectivity index (χ2v) is 6.78. The van der Waals surface area contributed by atoms with Crippen molar-refractivity contribution in [2.45, 2.75) is 18.9 Å². The van der Waals surface area contributed by atoms with E-state index in [4.69, 9.17) is 4.74 Å². The number of imidazole rings is 1. The lowest BCUT2D eigenvalue weighted by atomic mass is 10.2. The van der Waals surface area contributed by atoms with E-state index in [-0.39, 0.29) is 12.0 Å². The Bertz CT molecular complexity index is 960. The van der Waals surface area contributed by atoms with Crippen molar-refractivity contribution in [2.24, 2.45) is 14.1 Å². The fourth-order valence-corrected chi connectivity index (χ4v) is 3.58. The number of nitrogens with zero attached hydrogens (tertiary/aromatic N) is 5. The molecule has 140 valence electrons. The zero-order chi connectivity index (χ0) is 18.4. The van der Waals surface area contributed by atoms with Gasteiger partial charge in [-0.3, -0.25) is 18.7 Å². The van der Waals surface area contributed by atoms with Crippen molar-refractivity contribution in [2.75, 3.05) is 37.7 Å². The predicted molar refractivity (Wildman–Crippen MR) is 94.3 cm³/mol. The number of rotatable bonds is 2. The van der Waals surface area contributed by atoms with Crippen LogP contribution >= 0.6 is 0 Å². The van der Waals surface area contributed by atoms with Gasteiger partial charge in [0.05, 0.1) is 0 Å². The molecule has 4 rings (SSSR count). The van der Waals surface area contributed by atoms with Gasteiger partial charge in [-0.1, -0.05) is 0 Å². The van der Waals surface area contributed by atoms with Crippen LogP contribution in [0.25, 0.3) is 11.2 Å². The van der Waals surface area contributed by atoms with Gasteiger partial charge in [0.2, 0.25) is 5.95 Å². The zero-order valence-corrected chi connectivity index (χ0v) is 14.9. The zero-order valence-electron chi connectivity index (χ0n) is 14.9. The van der Waals surface area contributed by atoms with Crippen molar-refractivity contribution in [1.82, 2.24) is 24.0 Å². The van der Waals surface area contributed by atoms with Gasteiger partial charge in [-0.05, 0) is 12.8 Å². The van der Waals surface area contributed by atoms with Gasteiger partial charge >= 0.3 is 5.69 Å². The number of amides is 1. The summed E-state index contributed by atoms with van der Waals surface area (Å²) in [7, 11) is 3.03. The van der Waals surface area contributed by atoms with Crippen LogP contribution in [0.4, 0.5) is 5.95 Å². The van der Waals surface area contributed by atoms with E-state index in [1.807, 2.05) is 9.80 Å². The van der Waals surface area contributed by atoms with Crippen molar-refractivity contribution < 1.29 is 9.53 Å². The van der Waals surface area contributed by atoms with Crippen LogP contribution in [-0.2, 0) is 23.6 Å². The highest BCUT2D eigenvalue weighted by molar-refractivity contribution is 5.81. The molecule has 2 aliphatic rings. The Morgan fingerprint density at radius 3 is 2.54 bits per heavy atom. The standard InChI is InChI=1S/C16H22N6O4/c1-19-12-11(14(24)20(2)16(19)25)17-15(18-12)22-7-5-21(6-8-22)13(23)10-4-3-9-26-10/h10H,3-9H2,1-2H3,(H,17,18)/t10-/m0/s1. The van der Waals surface area contributed by atoms with Gasteiger partial charge in [-0.15, -0.1) is 0 Å². The maximum atomic E-state index is 12.4. The van der Waals surface area contributed by atoms with Gasteiger partial charge < -0.3 is 19.5 Å². The summed E-state index contributed by atoms with van der Waals surface area (Å²) in [4.78, 5) is 48.0. The first-order valence-electron chi connectivity index (χ1n) is 8.78. The van der Waals surface area contributed by atoms with E-state index < -0.39 is 11.2 Å². The molecule has 10 nitrogen and oxygen atoms in total. The number of aryl methyl sites for hydroxylation is 1. The number of piperazine rings is 1. The number of anilines is 1. The molecule has 2 fully saturated rings. The minimum atomic E-state index is -0.410. The number of carbonyl (C=O) groups is 1. The second-order valence-electron chi connectivity index (χ2n) is 6.78. The Hall–Kier alpha value is -2.62. The van der Waals surface area contributed by atoms with Crippen molar-refractivity contribution in [3.8, 4) is 0 Å². The quantitative estimate of drug-likeness (QED) is 0.719. The number of fused-ring (bicyclic) bond motifs is 1. The van der Waals surface area contributed by atoms with Gasteiger partial charge in [0.25, 0.3) is 11.5 Å². The largest absolute Gasteiger partial charge is 0.368 e. The lowest BCUT2D eigenvalue weighted by Gasteiger charge is -2.35. The highest BCUT2D eigenvalue weighted by atomic mass is 16.5. The molecule has 10 heteroatoms. The van der Waals surface area contributed by atoms with E-state index in [1.165, 1.54) is 11.6 Å². The Kier molecular flexibility index (Phi) is 4.06. The summed E-state index contributed by atoms with van der Waals surface area (Å²) in [6.07, 6.45) is 1.42. The molecule has 1 atom stereocenters. The number of aromatic amines is 1. The Balaban J connectivity index is 1.54. The van der Waals surface area contributed by atoms with Crippen LogP contribution in [0.1, 0.15) is 12.8 Å². The molecular formula is C16H22N6O4. The molecule has 2 saturated heterocycles. The smallest absolute Gasteiger partial charge is 0.332 e. The average molecular weight is 362 g/mol. The first-order chi connectivity index (χ1) is 12.5. The number of ether oxygens (including phenoxy) is 1. The third kappa shape index (κ3) is 2.61. The molecule has 4 heterocycles. The molecule has 0 spiro atoms. The molecule has 0 saturated carbocycles. The third-order valence-electron chi connectivity index (χ3n) is 5.18. The fourth-order valence-electron chi connectivity index (χ4n) is 3.58. The predicted octanol–water partition coefficient (Wildman–Crippen LogP) is -1.21. The lowest BCUT2D eigenvalue weighted by Crippen LogP contribution is -2.51. The summed E-state index contributed by atoms with van der Waals surface area (Å²) in [5, 5.41) is 0. The average Bonchev–Trinajstić information content (AvgIpc) is 3.34. The van der Waals surface area contributed by atoms with Crippen LogP contribution in [0.15, 0.2) is 9.59 Å². The molecule has 1 amide bonds. The number of hydrogen-bond acceptors (Lipinski definition) is 6. The van der Waals surface area contributed by atoms with E-state index >= 15 is 0 Å². The van der Waals surface area contributed by atoms with Crippen molar-refractivity contribution >= 4 is 23.0 Å². The summed E-state index contributed by atoms with van der Waals surface area (Å²) < 4.78 is 7.89. The van der Waals surface area contributed by atoms with Gasteiger partial charge in [-0.2, -0.15) is 4.98 Å². The molecule has 2 aliphatic heterocycles. The molecule has 0 aromatic carbocycles. The van der Waals surface area contributed by atoms with Crippen LogP contribution < -0.4 is 16.1 Å².